The summed E-state index contributed by atoms with van der Waals surface area (Å²) >= 11 is 1.38. The molecule has 0 saturated heterocycles. The summed E-state index contributed by atoms with van der Waals surface area (Å²) < 4.78 is 6.27. The van der Waals surface area contributed by atoms with Crippen LogP contribution in [-0.2, 0) is 4.79 Å². The van der Waals surface area contributed by atoms with Gasteiger partial charge in [-0.2, -0.15) is 4.98 Å². The molecule has 7 nitrogen and oxygen atoms in total. The van der Waals surface area contributed by atoms with Crippen LogP contribution in [0.25, 0.3) is 11.3 Å². The van der Waals surface area contributed by atoms with Crippen LogP contribution in [0.15, 0.2) is 47.6 Å². The predicted octanol–water partition coefficient (Wildman–Crippen LogP) is 3.80. The molecule has 0 radical (unpaired) electrons. The Kier molecular flexibility index (Phi) is 4.95. The first-order valence-electron chi connectivity index (χ1n) is 8.92. The van der Waals surface area contributed by atoms with Crippen LogP contribution in [0.4, 0.5) is 5.69 Å². The number of para-hydroxylation sites is 1. The lowest BCUT2D eigenvalue weighted by Gasteiger charge is -2.30. The van der Waals surface area contributed by atoms with E-state index in [1.807, 2.05) is 62.6 Å². The molecule has 0 fully saturated rings. The Hall–Kier alpha value is -3.00. The van der Waals surface area contributed by atoms with E-state index in [-0.39, 0.29) is 5.91 Å². The summed E-state index contributed by atoms with van der Waals surface area (Å²) in [6.45, 7) is 3.73. The molecule has 0 aliphatic carbocycles. The summed E-state index contributed by atoms with van der Waals surface area (Å²) in [5, 5.41) is 9.00. The zero-order valence-electron chi connectivity index (χ0n) is 15.8. The highest BCUT2D eigenvalue weighted by molar-refractivity contribution is 7.98. The van der Waals surface area contributed by atoms with Crippen LogP contribution in [0.5, 0.6) is 5.88 Å². The Bertz CT molecular complexity index is 1040. The number of nitrogens with zero attached hydrogens (tertiary/aromatic N) is 5. The van der Waals surface area contributed by atoms with Crippen molar-refractivity contribution in [2.45, 2.75) is 31.7 Å². The van der Waals surface area contributed by atoms with Crippen molar-refractivity contribution in [3.05, 3.63) is 53.9 Å². The van der Waals surface area contributed by atoms with Gasteiger partial charge in [0.2, 0.25) is 23.2 Å². The second-order valence-electron chi connectivity index (χ2n) is 6.26. The number of anilines is 1. The topological polar surface area (TPSA) is 81.1 Å². The standard InChI is InChI=1S/C20H19N5O2S/c1-4-16(26)25-15-11-6-5-9-13(15)17-18(22-20(28-3)24-23-17)27-19(25)14-10-7-8-12(2)21-14/h5-11,19H,4H2,1-3H3. The number of carbonyl (C=O) groups excluding carboxylic acids is 1. The van der Waals surface area contributed by atoms with Crippen LogP contribution >= 0.6 is 11.8 Å². The summed E-state index contributed by atoms with van der Waals surface area (Å²) in [7, 11) is 0. The number of carbonyl (C=O) groups is 1. The number of rotatable bonds is 3. The number of thioether (sulfide) groups is 1. The highest BCUT2D eigenvalue weighted by Gasteiger charge is 2.36. The molecule has 1 unspecified atom stereocenters. The van der Waals surface area contributed by atoms with E-state index in [1.54, 1.807) is 4.90 Å². The van der Waals surface area contributed by atoms with Gasteiger partial charge in [-0.1, -0.05) is 43.0 Å². The van der Waals surface area contributed by atoms with Crippen molar-refractivity contribution in [3.63, 3.8) is 0 Å². The van der Waals surface area contributed by atoms with Gasteiger partial charge in [-0.25, -0.2) is 0 Å². The third-order valence-electron chi connectivity index (χ3n) is 4.43. The summed E-state index contributed by atoms with van der Waals surface area (Å²) in [5.41, 5.74) is 3.44. The molecule has 8 heteroatoms. The molecule has 1 aliphatic heterocycles. The molecule has 2 aromatic heterocycles. The first-order chi connectivity index (χ1) is 13.6. The van der Waals surface area contributed by atoms with Crippen LogP contribution in [0.1, 0.15) is 31.0 Å². The molecule has 0 bridgehead atoms. The third-order valence-corrected chi connectivity index (χ3v) is 4.97. The normalized spacial score (nSPS) is 15.2. The van der Waals surface area contributed by atoms with Crippen LogP contribution in [-0.4, -0.2) is 32.3 Å². The molecule has 28 heavy (non-hydrogen) atoms. The lowest BCUT2D eigenvalue weighted by atomic mass is 10.1. The minimum absolute atomic E-state index is 0.0772. The smallest absolute Gasteiger partial charge is 0.247 e. The molecule has 0 N–H and O–H groups in total. The van der Waals surface area contributed by atoms with Crippen molar-refractivity contribution in [2.75, 3.05) is 11.2 Å². The Morgan fingerprint density at radius 2 is 1.96 bits per heavy atom. The first kappa shape index (κ1) is 18.4. The van der Waals surface area contributed by atoms with Crippen molar-refractivity contribution >= 4 is 23.4 Å². The Balaban J connectivity index is 1.98. The van der Waals surface area contributed by atoms with E-state index in [0.29, 0.717) is 34.5 Å². The summed E-state index contributed by atoms with van der Waals surface area (Å²) in [6.07, 6.45) is 1.45. The van der Waals surface area contributed by atoms with E-state index in [1.165, 1.54) is 11.8 Å². The number of fused-ring (bicyclic) bond motifs is 3. The monoisotopic (exact) mass is 393 g/mol. The molecule has 1 atom stereocenters. The molecule has 0 saturated carbocycles. The molecule has 1 amide bonds. The number of pyridine rings is 1. The SMILES string of the molecule is CCC(=O)N1c2ccccc2-c2nnc(SC)nc2OC1c1cccc(C)n1. The molecular formula is C20H19N5O2S. The maximum Gasteiger partial charge on any atom is 0.247 e. The van der Waals surface area contributed by atoms with E-state index in [4.69, 9.17) is 4.74 Å². The van der Waals surface area contributed by atoms with Crippen molar-refractivity contribution in [1.29, 1.82) is 0 Å². The van der Waals surface area contributed by atoms with Gasteiger partial charge in [0.15, 0.2) is 5.69 Å². The van der Waals surface area contributed by atoms with E-state index in [2.05, 4.69) is 20.2 Å². The van der Waals surface area contributed by atoms with Gasteiger partial charge in [0.05, 0.1) is 5.69 Å². The molecule has 1 aromatic carbocycles. The zero-order chi connectivity index (χ0) is 19.7. The number of hydrogen-bond donors (Lipinski definition) is 0. The van der Waals surface area contributed by atoms with Crippen molar-refractivity contribution < 1.29 is 9.53 Å². The summed E-state index contributed by atoms with van der Waals surface area (Å²) in [6, 6.07) is 13.2. The lowest BCUT2D eigenvalue weighted by molar-refractivity contribution is -0.120. The number of aromatic nitrogens is 4. The first-order valence-corrected chi connectivity index (χ1v) is 10.1. The Labute approximate surface area is 167 Å². The molecule has 3 aromatic rings. The van der Waals surface area contributed by atoms with Gasteiger partial charge in [-0.15, -0.1) is 10.2 Å². The minimum Gasteiger partial charge on any atom is -0.445 e. The predicted molar refractivity (Wildman–Crippen MR) is 107 cm³/mol. The van der Waals surface area contributed by atoms with Gasteiger partial charge >= 0.3 is 0 Å². The van der Waals surface area contributed by atoms with Crippen LogP contribution in [0.3, 0.4) is 0 Å². The van der Waals surface area contributed by atoms with Crippen LogP contribution in [0.2, 0.25) is 0 Å². The average Bonchev–Trinajstić information content (AvgIpc) is 2.87. The van der Waals surface area contributed by atoms with Gasteiger partial charge in [0, 0.05) is 17.7 Å². The fraction of sp³-hybridized carbons (Fsp3) is 0.250. The van der Waals surface area contributed by atoms with Gasteiger partial charge in [0.25, 0.3) is 0 Å². The van der Waals surface area contributed by atoms with Crippen LogP contribution in [0, 0.1) is 6.92 Å². The highest BCUT2D eigenvalue weighted by atomic mass is 32.2. The molecule has 0 spiro atoms. The second-order valence-corrected chi connectivity index (χ2v) is 7.03. The van der Waals surface area contributed by atoms with E-state index in [9.17, 15) is 4.79 Å². The summed E-state index contributed by atoms with van der Waals surface area (Å²) in [5.74, 6) is 0.262. The molecule has 142 valence electrons. The fourth-order valence-electron chi connectivity index (χ4n) is 3.13. The number of ether oxygens (including phenoxy) is 1. The van der Waals surface area contributed by atoms with Gasteiger partial charge in [-0.05, 0) is 31.4 Å². The molecular weight excluding hydrogens is 374 g/mol. The van der Waals surface area contributed by atoms with E-state index < -0.39 is 6.23 Å². The van der Waals surface area contributed by atoms with Gasteiger partial charge in [-0.3, -0.25) is 14.7 Å². The highest BCUT2D eigenvalue weighted by Crippen LogP contribution is 2.43. The van der Waals surface area contributed by atoms with Crippen molar-refractivity contribution in [2.24, 2.45) is 0 Å². The summed E-state index contributed by atoms with van der Waals surface area (Å²) in [4.78, 5) is 23.7. The second kappa shape index (κ2) is 7.55. The number of hydrogen-bond acceptors (Lipinski definition) is 7. The lowest BCUT2D eigenvalue weighted by Crippen LogP contribution is -2.37. The Morgan fingerprint density at radius 3 is 2.71 bits per heavy atom. The minimum atomic E-state index is -0.749. The quantitative estimate of drug-likeness (QED) is 0.626. The van der Waals surface area contributed by atoms with E-state index >= 15 is 0 Å². The zero-order valence-corrected chi connectivity index (χ0v) is 16.6. The number of amides is 1. The molecule has 1 aliphatic rings. The fourth-order valence-corrected chi connectivity index (χ4v) is 3.43. The maximum atomic E-state index is 13.0. The number of benzene rings is 1. The largest absolute Gasteiger partial charge is 0.445 e. The van der Waals surface area contributed by atoms with Crippen molar-refractivity contribution in [3.8, 4) is 17.1 Å². The van der Waals surface area contributed by atoms with Crippen molar-refractivity contribution in [1.82, 2.24) is 20.2 Å². The van der Waals surface area contributed by atoms with Gasteiger partial charge in [0.1, 0.15) is 5.69 Å². The molecule has 4 rings (SSSR count). The maximum absolute atomic E-state index is 13.0. The molecule has 3 heterocycles. The van der Waals surface area contributed by atoms with E-state index in [0.717, 1.165) is 11.3 Å². The average molecular weight is 393 g/mol. The number of aryl methyl sites for hydroxylation is 1. The van der Waals surface area contributed by atoms with Gasteiger partial charge < -0.3 is 4.74 Å². The third kappa shape index (κ3) is 3.20. The Morgan fingerprint density at radius 1 is 1.14 bits per heavy atom. The van der Waals surface area contributed by atoms with Crippen LogP contribution < -0.4 is 9.64 Å².